The maximum absolute atomic E-state index is 4.74. The summed E-state index contributed by atoms with van der Waals surface area (Å²) in [6, 6.07) is 39.3. The molecule has 0 amide bonds. The summed E-state index contributed by atoms with van der Waals surface area (Å²) in [6.07, 6.45) is 0. The van der Waals surface area contributed by atoms with Gasteiger partial charge in [0.25, 0.3) is 0 Å². The third-order valence-corrected chi connectivity index (χ3v) is 7.85. The summed E-state index contributed by atoms with van der Waals surface area (Å²) in [6.45, 7) is 0. The quantitative estimate of drug-likeness (QED) is 0.251. The van der Waals surface area contributed by atoms with Crippen molar-refractivity contribution < 1.29 is 0 Å². The van der Waals surface area contributed by atoms with Gasteiger partial charge in [0.2, 0.25) is 0 Å². The zero-order chi connectivity index (χ0) is 22.9. The Morgan fingerprint density at radius 2 is 1.14 bits per heavy atom. The van der Waals surface area contributed by atoms with Crippen molar-refractivity contribution in [2.45, 2.75) is 0 Å². The average molecular weight is 466 g/mol. The fourth-order valence-electron chi connectivity index (χ4n) is 5.60. The second kappa shape index (κ2) is 7.05. The van der Waals surface area contributed by atoms with Crippen LogP contribution in [0.4, 0.5) is 0 Å². The molecule has 0 saturated heterocycles. The van der Waals surface area contributed by atoms with Crippen molar-refractivity contribution in [3.05, 3.63) is 115 Å². The number of benzene rings is 5. The highest BCUT2D eigenvalue weighted by molar-refractivity contribution is 7.16. The molecule has 0 aliphatic heterocycles. The van der Waals surface area contributed by atoms with E-state index in [0.29, 0.717) is 0 Å². The van der Waals surface area contributed by atoms with Crippen LogP contribution in [0.15, 0.2) is 115 Å². The molecule has 3 heterocycles. The number of thiazole rings is 1. The molecule has 0 aliphatic carbocycles. The standard InChI is InChI=1S/C31H19N3S/c1-2-9-20(10-3-1)33-25-13-6-4-11-21(25)23-18-29-24(17-28(23)33)22-12-5-7-14-26(22)34(29)27-15-8-16-30-31(27)32-19-35-30/h1-19H. The summed E-state index contributed by atoms with van der Waals surface area (Å²) < 4.78 is 5.98. The van der Waals surface area contributed by atoms with Crippen LogP contribution in [-0.4, -0.2) is 14.1 Å². The van der Waals surface area contributed by atoms with Crippen LogP contribution in [0.2, 0.25) is 0 Å². The van der Waals surface area contributed by atoms with Crippen molar-refractivity contribution in [3.8, 4) is 11.4 Å². The van der Waals surface area contributed by atoms with Gasteiger partial charge in [-0.3, -0.25) is 0 Å². The van der Waals surface area contributed by atoms with E-state index in [1.807, 2.05) is 5.51 Å². The minimum absolute atomic E-state index is 1.05. The second-order valence-electron chi connectivity index (χ2n) is 8.90. The number of hydrogen-bond acceptors (Lipinski definition) is 2. The molecule has 0 spiro atoms. The molecule has 5 aromatic carbocycles. The van der Waals surface area contributed by atoms with Gasteiger partial charge in [0.05, 0.1) is 38.0 Å². The number of para-hydroxylation sites is 4. The van der Waals surface area contributed by atoms with Crippen LogP contribution in [0, 0.1) is 0 Å². The number of fused-ring (bicyclic) bond motifs is 7. The highest BCUT2D eigenvalue weighted by atomic mass is 32.1. The van der Waals surface area contributed by atoms with Crippen LogP contribution in [0.3, 0.4) is 0 Å². The van der Waals surface area contributed by atoms with E-state index in [1.54, 1.807) is 11.3 Å². The van der Waals surface area contributed by atoms with Gasteiger partial charge in [-0.15, -0.1) is 11.3 Å². The van der Waals surface area contributed by atoms with E-state index in [2.05, 4.69) is 118 Å². The predicted octanol–water partition coefficient (Wildman–Crippen LogP) is 8.49. The second-order valence-corrected chi connectivity index (χ2v) is 9.79. The molecule has 35 heavy (non-hydrogen) atoms. The summed E-state index contributed by atoms with van der Waals surface area (Å²) in [4.78, 5) is 4.74. The van der Waals surface area contributed by atoms with E-state index in [-0.39, 0.29) is 0 Å². The number of aromatic nitrogens is 3. The van der Waals surface area contributed by atoms with Crippen LogP contribution in [-0.2, 0) is 0 Å². The fourth-order valence-corrected chi connectivity index (χ4v) is 6.29. The number of hydrogen-bond donors (Lipinski definition) is 0. The van der Waals surface area contributed by atoms with E-state index in [0.717, 1.165) is 11.2 Å². The van der Waals surface area contributed by atoms with Gasteiger partial charge in [-0.2, -0.15) is 0 Å². The third kappa shape index (κ3) is 2.57. The molecule has 0 atom stereocenters. The largest absolute Gasteiger partial charge is 0.309 e. The molecule has 0 bridgehead atoms. The monoisotopic (exact) mass is 465 g/mol. The van der Waals surface area contributed by atoms with E-state index < -0.39 is 0 Å². The van der Waals surface area contributed by atoms with Crippen LogP contribution in [0.5, 0.6) is 0 Å². The topological polar surface area (TPSA) is 22.8 Å². The van der Waals surface area contributed by atoms with Crippen molar-refractivity contribution >= 4 is 65.2 Å². The van der Waals surface area contributed by atoms with Crippen molar-refractivity contribution in [2.24, 2.45) is 0 Å². The van der Waals surface area contributed by atoms with Gasteiger partial charge >= 0.3 is 0 Å². The minimum atomic E-state index is 1.05. The SMILES string of the molecule is c1ccc(-n2c3ccccc3c3cc4c(cc32)c2ccccc2n4-c2cccc3scnc23)cc1. The molecular formula is C31H19N3S. The van der Waals surface area contributed by atoms with Crippen LogP contribution in [0.1, 0.15) is 0 Å². The van der Waals surface area contributed by atoms with Crippen LogP contribution in [0.25, 0.3) is 65.2 Å². The first-order chi connectivity index (χ1) is 17.4. The Bertz CT molecular complexity index is 2060. The normalized spacial score (nSPS) is 12.0. The first-order valence-electron chi connectivity index (χ1n) is 11.7. The number of nitrogens with zero attached hydrogens (tertiary/aromatic N) is 3. The molecule has 8 aromatic rings. The summed E-state index contributed by atoms with van der Waals surface area (Å²) in [5.41, 5.74) is 10.1. The molecule has 0 aliphatic rings. The third-order valence-electron chi connectivity index (χ3n) is 7.06. The van der Waals surface area contributed by atoms with E-state index in [1.165, 1.54) is 54.0 Å². The van der Waals surface area contributed by atoms with E-state index in [4.69, 9.17) is 4.98 Å². The Kier molecular flexibility index (Phi) is 3.82. The maximum Gasteiger partial charge on any atom is 0.105 e. The first kappa shape index (κ1) is 19.0. The Morgan fingerprint density at radius 1 is 0.514 bits per heavy atom. The molecule has 0 radical (unpaired) electrons. The Labute approximate surface area is 205 Å². The predicted molar refractivity (Wildman–Crippen MR) is 148 cm³/mol. The van der Waals surface area contributed by atoms with Gasteiger partial charge in [0, 0.05) is 27.2 Å². The van der Waals surface area contributed by atoms with Crippen molar-refractivity contribution in [1.82, 2.24) is 14.1 Å². The summed E-state index contributed by atoms with van der Waals surface area (Å²) in [7, 11) is 0. The molecule has 0 saturated carbocycles. The molecule has 0 N–H and O–H groups in total. The van der Waals surface area contributed by atoms with Crippen molar-refractivity contribution in [1.29, 1.82) is 0 Å². The van der Waals surface area contributed by atoms with Crippen molar-refractivity contribution in [2.75, 3.05) is 0 Å². The van der Waals surface area contributed by atoms with Gasteiger partial charge in [-0.25, -0.2) is 4.98 Å². The lowest BCUT2D eigenvalue weighted by molar-refractivity contribution is 1.18. The van der Waals surface area contributed by atoms with Gasteiger partial charge in [-0.05, 0) is 48.5 Å². The lowest BCUT2D eigenvalue weighted by Gasteiger charge is -2.09. The molecule has 4 heteroatoms. The zero-order valence-corrected chi connectivity index (χ0v) is 19.5. The molecule has 3 aromatic heterocycles. The van der Waals surface area contributed by atoms with Gasteiger partial charge < -0.3 is 9.13 Å². The lowest BCUT2D eigenvalue weighted by atomic mass is 10.1. The molecular weight excluding hydrogens is 446 g/mol. The van der Waals surface area contributed by atoms with E-state index in [9.17, 15) is 0 Å². The minimum Gasteiger partial charge on any atom is -0.309 e. The lowest BCUT2D eigenvalue weighted by Crippen LogP contribution is -1.95. The summed E-state index contributed by atoms with van der Waals surface area (Å²) in [5, 5.41) is 5.02. The van der Waals surface area contributed by atoms with Gasteiger partial charge in [-0.1, -0.05) is 60.7 Å². The molecule has 0 fully saturated rings. The summed E-state index contributed by atoms with van der Waals surface area (Å²) in [5.74, 6) is 0. The van der Waals surface area contributed by atoms with Crippen molar-refractivity contribution in [3.63, 3.8) is 0 Å². The number of rotatable bonds is 2. The molecule has 8 rings (SSSR count). The Hall–Kier alpha value is -4.41. The smallest absolute Gasteiger partial charge is 0.105 e. The fraction of sp³-hybridized carbons (Fsp3) is 0. The van der Waals surface area contributed by atoms with E-state index >= 15 is 0 Å². The Morgan fingerprint density at radius 3 is 1.89 bits per heavy atom. The Balaban J connectivity index is 1.59. The van der Waals surface area contributed by atoms with Gasteiger partial charge in [0.15, 0.2) is 0 Å². The highest BCUT2D eigenvalue weighted by Crippen LogP contribution is 2.40. The van der Waals surface area contributed by atoms with Gasteiger partial charge in [0.1, 0.15) is 5.52 Å². The van der Waals surface area contributed by atoms with Crippen LogP contribution < -0.4 is 0 Å². The molecule has 3 nitrogen and oxygen atoms in total. The highest BCUT2D eigenvalue weighted by Gasteiger charge is 2.19. The zero-order valence-electron chi connectivity index (χ0n) is 18.7. The molecule has 164 valence electrons. The summed E-state index contributed by atoms with van der Waals surface area (Å²) >= 11 is 1.69. The van der Waals surface area contributed by atoms with Crippen LogP contribution >= 0.6 is 11.3 Å². The maximum atomic E-state index is 4.74. The first-order valence-corrected chi connectivity index (χ1v) is 12.6. The molecule has 0 unspecified atom stereocenters. The average Bonchev–Trinajstić information content (AvgIpc) is 3.60.